The van der Waals surface area contributed by atoms with Gasteiger partial charge in [0.1, 0.15) is 5.60 Å². The Bertz CT molecular complexity index is 805. The van der Waals surface area contributed by atoms with Crippen molar-refractivity contribution >= 4 is 11.7 Å². The van der Waals surface area contributed by atoms with Crippen molar-refractivity contribution < 1.29 is 19.8 Å². The summed E-state index contributed by atoms with van der Waals surface area (Å²) in [6, 6.07) is 0. The third kappa shape index (κ3) is 2.15. The number of esters is 1. The zero-order chi connectivity index (χ0) is 20.0. The van der Waals surface area contributed by atoms with Crippen LogP contribution in [0.5, 0.6) is 0 Å². The van der Waals surface area contributed by atoms with Crippen molar-refractivity contribution in [2.24, 2.45) is 52.0 Å². The van der Waals surface area contributed by atoms with Gasteiger partial charge in [0, 0.05) is 30.3 Å². The number of hydrogen-bond donors (Lipinski definition) is 2. The first-order valence-electron chi connectivity index (χ1n) is 11.8. The maximum Gasteiger partial charge on any atom is 0.306 e. The lowest BCUT2D eigenvalue weighted by Crippen LogP contribution is -2.57. The van der Waals surface area contributed by atoms with Gasteiger partial charge in [0.2, 0.25) is 0 Å². The Morgan fingerprint density at radius 3 is 2.72 bits per heavy atom. The van der Waals surface area contributed by atoms with E-state index in [0.717, 1.165) is 43.7 Å². The molecule has 6 unspecified atom stereocenters. The lowest BCUT2D eigenvalue weighted by molar-refractivity contribution is -0.180. The second kappa shape index (κ2) is 6.09. The zero-order valence-electron chi connectivity index (χ0n) is 17.3. The first-order valence-corrected chi connectivity index (χ1v) is 11.8. The van der Waals surface area contributed by atoms with Gasteiger partial charge in [-0.1, -0.05) is 17.7 Å². The monoisotopic (exact) mass is 399 g/mol. The van der Waals surface area contributed by atoms with Crippen molar-refractivity contribution in [1.29, 1.82) is 0 Å². The molecule has 5 nitrogen and oxygen atoms in total. The fourth-order valence-corrected chi connectivity index (χ4v) is 9.40. The molecule has 0 radical (unpaired) electrons. The highest BCUT2D eigenvalue weighted by atomic mass is 16.6. The Morgan fingerprint density at radius 2 is 2.03 bits per heavy atom. The topological polar surface area (TPSA) is 79.1 Å². The Morgan fingerprint density at radius 1 is 1.17 bits per heavy atom. The van der Waals surface area contributed by atoms with Gasteiger partial charge in [-0.2, -0.15) is 0 Å². The number of rotatable bonds is 2. The molecule has 1 aliphatic heterocycles. The van der Waals surface area contributed by atoms with Gasteiger partial charge in [-0.15, -0.1) is 0 Å². The average molecular weight is 400 g/mol. The molecule has 9 atom stereocenters. The molecule has 6 rings (SSSR count). The Hall–Kier alpha value is -1.36. The number of aliphatic hydroxyl groups is 1. The number of allylic oxidation sites excluding steroid dienone is 1. The summed E-state index contributed by atoms with van der Waals surface area (Å²) < 4.78 is 6.25. The highest BCUT2D eigenvalue weighted by Gasteiger charge is 2.79. The first kappa shape index (κ1) is 18.4. The number of hydrogen-bond acceptors (Lipinski definition) is 5. The average Bonchev–Trinajstić information content (AvgIpc) is 3.39. The molecule has 1 heterocycles. The van der Waals surface area contributed by atoms with Crippen molar-refractivity contribution in [2.75, 3.05) is 6.61 Å². The van der Waals surface area contributed by atoms with E-state index >= 15 is 0 Å². The minimum Gasteiger partial charge on any atom is -0.458 e. The van der Waals surface area contributed by atoms with Crippen molar-refractivity contribution in [3.8, 4) is 0 Å². The van der Waals surface area contributed by atoms with Crippen molar-refractivity contribution in [3.63, 3.8) is 0 Å². The van der Waals surface area contributed by atoms with E-state index in [9.17, 15) is 15.1 Å². The van der Waals surface area contributed by atoms with E-state index in [2.05, 4.69) is 18.2 Å². The summed E-state index contributed by atoms with van der Waals surface area (Å²) >= 11 is 0. The molecule has 0 bridgehead atoms. The molecule has 5 heteroatoms. The zero-order valence-corrected chi connectivity index (χ0v) is 17.3. The largest absolute Gasteiger partial charge is 0.458 e. The second-order valence-corrected chi connectivity index (χ2v) is 10.8. The third-order valence-electron chi connectivity index (χ3n) is 10.3. The van der Waals surface area contributed by atoms with E-state index in [1.54, 1.807) is 0 Å². The number of oxime groups is 1. The Labute approximate surface area is 172 Å². The normalized spacial score (nSPS) is 53.7. The number of aliphatic hydroxyl groups excluding tert-OH is 1. The van der Waals surface area contributed by atoms with Crippen LogP contribution in [-0.4, -0.2) is 34.2 Å². The first-order chi connectivity index (χ1) is 14.1. The Kier molecular flexibility index (Phi) is 3.86. The number of carbonyl (C=O) groups excluding carboxylic acids is 1. The van der Waals surface area contributed by atoms with E-state index < -0.39 is 0 Å². The standard InChI is InChI=1S/C24H33NO4/c1-2-23-7-5-16-15-4-3-14(25-28)10-17(15)13(12-26)9-18(16)22(23)19-11-20(19)24(23)8-6-21(27)29-24/h10,13,15-16,18-20,22,26,28H,2-9,11-12H2,1H3/b25-14+/t13?,15-,16?,18?,19?,20?,22?,23+,24+/m1/s1. The van der Waals surface area contributed by atoms with Crippen molar-refractivity contribution in [3.05, 3.63) is 11.6 Å². The van der Waals surface area contributed by atoms with Gasteiger partial charge in [0.25, 0.3) is 0 Å². The number of nitrogens with zero attached hydrogens (tertiary/aromatic N) is 1. The van der Waals surface area contributed by atoms with Gasteiger partial charge < -0.3 is 15.1 Å². The minimum atomic E-state index is -0.187. The van der Waals surface area contributed by atoms with Gasteiger partial charge in [-0.25, -0.2) is 0 Å². The SMILES string of the molecule is CC[C@]12CCC3C(CC(CO)C4=C/C(=N/O)CC[C@@H]43)C1C1CC1[C@@]21CCC(=O)O1. The fourth-order valence-electron chi connectivity index (χ4n) is 9.40. The van der Waals surface area contributed by atoms with Crippen LogP contribution in [0.3, 0.4) is 0 Å². The van der Waals surface area contributed by atoms with Crippen LogP contribution in [0.1, 0.15) is 64.7 Å². The van der Waals surface area contributed by atoms with Crippen LogP contribution >= 0.6 is 0 Å². The number of ether oxygens (including phenoxy) is 1. The van der Waals surface area contributed by atoms with Gasteiger partial charge in [0.15, 0.2) is 0 Å². The summed E-state index contributed by atoms with van der Waals surface area (Å²) in [7, 11) is 0. The molecule has 0 aromatic heterocycles. The highest BCUT2D eigenvalue weighted by Crippen LogP contribution is 2.79. The predicted octanol–water partition coefficient (Wildman–Crippen LogP) is 3.93. The van der Waals surface area contributed by atoms with E-state index in [4.69, 9.17) is 4.74 Å². The summed E-state index contributed by atoms with van der Waals surface area (Å²) in [5.74, 6) is 3.98. The lowest BCUT2D eigenvalue weighted by atomic mass is 9.46. The molecule has 2 N–H and O–H groups in total. The number of fused-ring (bicyclic) bond motifs is 9. The van der Waals surface area contributed by atoms with Crippen LogP contribution in [0.15, 0.2) is 16.8 Å². The summed E-state index contributed by atoms with van der Waals surface area (Å²) in [4.78, 5) is 12.2. The smallest absolute Gasteiger partial charge is 0.306 e. The summed E-state index contributed by atoms with van der Waals surface area (Å²) in [5, 5.41) is 23.0. The van der Waals surface area contributed by atoms with Gasteiger partial charge >= 0.3 is 5.97 Å². The molecule has 4 saturated carbocycles. The number of carbonyl (C=O) groups is 1. The molecule has 0 aromatic rings. The van der Waals surface area contributed by atoms with E-state index in [-0.39, 0.29) is 29.5 Å². The molecule has 5 aliphatic carbocycles. The molecule has 1 spiro atoms. The molecular weight excluding hydrogens is 366 g/mol. The molecule has 1 saturated heterocycles. The van der Waals surface area contributed by atoms with Crippen LogP contribution in [-0.2, 0) is 9.53 Å². The highest BCUT2D eigenvalue weighted by molar-refractivity contribution is 5.96. The van der Waals surface area contributed by atoms with E-state index in [1.165, 1.54) is 24.8 Å². The quantitative estimate of drug-likeness (QED) is 0.419. The lowest BCUT2D eigenvalue weighted by Gasteiger charge is -2.59. The molecule has 5 fully saturated rings. The van der Waals surface area contributed by atoms with Crippen molar-refractivity contribution in [2.45, 2.75) is 70.3 Å². The molecule has 6 aliphatic rings. The van der Waals surface area contributed by atoms with Gasteiger partial charge in [0.05, 0.1) is 5.71 Å². The van der Waals surface area contributed by atoms with Gasteiger partial charge in [-0.3, -0.25) is 4.79 Å². The second-order valence-electron chi connectivity index (χ2n) is 10.8. The van der Waals surface area contributed by atoms with Crippen LogP contribution in [0.25, 0.3) is 0 Å². The molecule has 158 valence electrons. The van der Waals surface area contributed by atoms with Gasteiger partial charge in [-0.05, 0) is 87.0 Å². The van der Waals surface area contributed by atoms with Crippen LogP contribution in [0, 0.1) is 46.8 Å². The van der Waals surface area contributed by atoms with E-state index in [1.807, 2.05) is 0 Å². The molecule has 0 amide bonds. The fraction of sp³-hybridized carbons (Fsp3) is 0.833. The van der Waals surface area contributed by atoms with Crippen molar-refractivity contribution in [1.82, 2.24) is 0 Å². The van der Waals surface area contributed by atoms with Crippen LogP contribution in [0.4, 0.5) is 0 Å². The maximum atomic E-state index is 12.2. The summed E-state index contributed by atoms with van der Waals surface area (Å²) in [5.41, 5.74) is 2.07. The third-order valence-corrected chi connectivity index (χ3v) is 10.3. The molecule has 0 aromatic carbocycles. The maximum absolute atomic E-state index is 12.2. The van der Waals surface area contributed by atoms with Crippen LogP contribution in [0.2, 0.25) is 0 Å². The molecule has 29 heavy (non-hydrogen) atoms. The summed E-state index contributed by atoms with van der Waals surface area (Å²) in [6.07, 6.45) is 11.3. The minimum absolute atomic E-state index is 0.0245. The predicted molar refractivity (Wildman–Crippen MR) is 107 cm³/mol. The summed E-state index contributed by atoms with van der Waals surface area (Å²) in [6.45, 7) is 2.51. The van der Waals surface area contributed by atoms with E-state index in [0.29, 0.717) is 36.0 Å². The molecular formula is C24H33NO4. The Balaban J connectivity index is 1.40. The van der Waals surface area contributed by atoms with Crippen LogP contribution < -0.4 is 0 Å².